The van der Waals surface area contributed by atoms with E-state index in [1.165, 1.54) is 6.20 Å². The molecule has 0 fully saturated rings. The third-order valence-corrected chi connectivity index (χ3v) is 2.06. The molecule has 0 saturated carbocycles. The Morgan fingerprint density at radius 2 is 2.36 bits per heavy atom. The van der Waals surface area contributed by atoms with E-state index in [4.69, 9.17) is 0 Å². The number of nitrogens with zero attached hydrogens (tertiary/aromatic N) is 2. The summed E-state index contributed by atoms with van der Waals surface area (Å²) in [5.41, 5.74) is -0.0139. The quantitative estimate of drug-likeness (QED) is 0.711. The van der Waals surface area contributed by atoms with Crippen molar-refractivity contribution in [2.45, 2.75) is 20.4 Å². The van der Waals surface area contributed by atoms with Crippen molar-refractivity contribution in [3.8, 4) is 0 Å². The van der Waals surface area contributed by atoms with Crippen LogP contribution in [0.1, 0.15) is 12.7 Å². The second-order valence-electron chi connectivity index (χ2n) is 2.20. The van der Waals surface area contributed by atoms with Gasteiger partial charge in [-0.05, 0) is 29.8 Å². The molecular formula is C7H9BrN2O. The van der Waals surface area contributed by atoms with Gasteiger partial charge in [-0.25, -0.2) is 4.98 Å². The molecule has 0 aliphatic heterocycles. The van der Waals surface area contributed by atoms with E-state index in [-0.39, 0.29) is 5.56 Å². The summed E-state index contributed by atoms with van der Waals surface area (Å²) in [7, 11) is 0. The molecule has 1 rings (SSSR count). The van der Waals surface area contributed by atoms with E-state index < -0.39 is 0 Å². The van der Waals surface area contributed by atoms with Crippen molar-refractivity contribution in [2.24, 2.45) is 0 Å². The molecule has 0 amide bonds. The molecule has 1 aromatic heterocycles. The van der Waals surface area contributed by atoms with E-state index in [2.05, 4.69) is 20.9 Å². The zero-order chi connectivity index (χ0) is 8.43. The third kappa shape index (κ3) is 1.50. The molecule has 0 spiro atoms. The number of hydrogen-bond donors (Lipinski definition) is 0. The zero-order valence-corrected chi connectivity index (χ0v) is 8.05. The van der Waals surface area contributed by atoms with Crippen molar-refractivity contribution in [1.82, 2.24) is 9.55 Å². The van der Waals surface area contributed by atoms with Crippen molar-refractivity contribution in [3.63, 3.8) is 0 Å². The molecule has 4 heteroatoms. The molecule has 1 heterocycles. The molecule has 0 bridgehead atoms. The first-order valence-electron chi connectivity index (χ1n) is 3.38. The van der Waals surface area contributed by atoms with Crippen molar-refractivity contribution in [3.05, 3.63) is 26.8 Å². The largest absolute Gasteiger partial charge is 0.296 e. The molecule has 0 aliphatic carbocycles. The maximum atomic E-state index is 11.3. The minimum Gasteiger partial charge on any atom is -0.296 e. The average molecular weight is 217 g/mol. The normalized spacial score (nSPS) is 10.1. The lowest BCUT2D eigenvalue weighted by Gasteiger charge is -2.04. The molecule has 0 unspecified atom stereocenters. The van der Waals surface area contributed by atoms with Crippen LogP contribution in [0.2, 0.25) is 0 Å². The Labute approximate surface area is 73.2 Å². The predicted octanol–water partition coefficient (Wildman–Crippen LogP) is 1.33. The molecule has 0 aliphatic rings. The lowest BCUT2D eigenvalue weighted by Crippen LogP contribution is -2.22. The van der Waals surface area contributed by atoms with E-state index in [0.29, 0.717) is 11.0 Å². The van der Waals surface area contributed by atoms with Crippen LogP contribution in [0, 0.1) is 6.92 Å². The predicted molar refractivity (Wildman–Crippen MR) is 46.6 cm³/mol. The van der Waals surface area contributed by atoms with Crippen LogP contribution in [0.15, 0.2) is 15.5 Å². The van der Waals surface area contributed by atoms with Crippen LogP contribution >= 0.6 is 15.9 Å². The highest BCUT2D eigenvalue weighted by Crippen LogP contribution is 2.00. The Morgan fingerprint density at radius 3 is 2.82 bits per heavy atom. The molecule has 0 atom stereocenters. The van der Waals surface area contributed by atoms with E-state index in [0.717, 1.165) is 5.82 Å². The fraction of sp³-hybridized carbons (Fsp3) is 0.429. The summed E-state index contributed by atoms with van der Waals surface area (Å²) >= 11 is 3.13. The van der Waals surface area contributed by atoms with Gasteiger partial charge in [0.25, 0.3) is 5.56 Å². The van der Waals surface area contributed by atoms with Gasteiger partial charge in [-0.3, -0.25) is 9.36 Å². The third-order valence-electron chi connectivity index (χ3n) is 1.52. The second-order valence-corrected chi connectivity index (χ2v) is 3.06. The van der Waals surface area contributed by atoms with E-state index in [9.17, 15) is 4.79 Å². The minimum absolute atomic E-state index is 0.0139. The molecule has 60 valence electrons. The smallest absolute Gasteiger partial charge is 0.267 e. The summed E-state index contributed by atoms with van der Waals surface area (Å²) in [4.78, 5) is 15.3. The first kappa shape index (κ1) is 8.46. The van der Waals surface area contributed by atoms with Crippen molar-refractivity contribution < 1.29 is 0 Å². The second kappa shape index (κ2) is 3.17. The van der Waals surface area contributed by atoms with Gasteiger partial charge in [0.05, 0.1) is 0 Å². The van der Waals surface area contributed by atoms with Crippen LogP contribution in [0.4, 0.5) is 0 Å². The molecule has 0 N–H and O–H groups in total. The number of hydrogen-bond acceptors (Lipinski definition) is 2. The van der Waals surface area contributed by atoms with Gasteiger partial charge in [-0.1, -0.05) is 0 Å². The Hall–Kier alpha value is -0.640. The Balaban J connectivity index is 3.41. The van der Waals surface area contributed by atoms with Crippen molar-refractivity contribution in [1.29, 1.82) is 0 Å². The monoisotopic (exact) mass is 216 g/mol. The maximum absolute atomic E-state index is 11.3. The molecule has 0 saturated heterocycles. The summed E-state index contributed by atoms with van der Waals surface area (Å²) in [5.74, 6) is 0.751. The molecule has 11 heavy (non-hydrogen) atoms. The van der Waals surface area contributed by atoms with Crippen LogP contribution in [0.3, 0.4) is 0 Å². The van der Waals surface area contributed by atoms with Gasteiger partial charge in [0, 0.05) is 12.7 Å². The van der Waals surface area contributed by atoms with Gasteiger partial charge < -0.3 is 0 Å². The molecule has 0 radical (unpaired) electrons. The van der Waals surface area contributed by atoms with Gasteiger partial charge in [0.1, 0.15) is 10.3 Å². The summed E-state index contributed by atoms with van der Waals surface area (Å²) in [6.07, 6.45) is 1.53. The zero-order valence-electron chi connectivity index (χ0n) is 6.47. The summed E-state index contributed by atoms with van der Waals surface area (Å²) in [6.45, 7) is 4.40. The van der Waals surface area contributed by atoms with Crippen LogP contribution < -0.4 is 5.56 Å². The van der Waals surface area contributed by atoms with Crippen molar-refractivity contribution >= 4 is 15.9 Å². The number of halogens is 1. The fourth-order valence-electron chi connectivity index (χ4n) is 0.923. The van der Waals surface area contributed by atoms with Crippen LogP contribution in [0.25, 0.3) is 0 Å². The van der Waals surface area contributed by atoms with Gasteiger partial charge in [-0.2, -0.15) is 0 Å². The first-order valence-corrected chi connectivity index (χ1v) is 4.18. The van der Waals surface area contributed by atoms with E-state index in [1.807, 2.05) is 13.8 Å². The number of aryl methyl sites for hydroxylation is 1. The Kier molecular flexibility index (Phi) is 2.44. The van der Waals surface area contributed by atoms with Crippen LogP contribution in [-0.4, -0.2) is 9.55 Å². The minimum atomic E-state index is -0.0139. The molecule has 0 aromatic carbocycles. The van der Waals surface area contributed by atoms with Crippen LogP contribution in [0.5, 0.6) is 0 Å². The Morgan fingerprint density at radius 1 is 1.73 bits per heavy atom. The Bertz CT molecular complexity index is 319. The van der Waals surface area contributed by atoms with Crippen molar-refractivity contribution in [2.75, 3.05) is 0 Å². The highest BCUT2D eigenvalue weighted by molar-refractivity contribution is 9.10. The summed E-state index contributed by atoms with van der Waals surface area (Å²) in [6, 6.07) is 0. The number of aromatic nitrogens is 2. The van der Waals surface area contributed by atoms with Gasteiger partial charge in [-0.15, -0.1) is 0 Å². The molecular weight excluding hydrogens is 208 g/mol. The van der Waals surface area contributed by atoms with Gasteiger partial charge in [0.15, 0.2) is 0 Å². The van der Waals surface area contributed by atoms with Gasteiger partial charge in [0.2, 0.25) is 0 Å². The summed E-state index contributed by atoms with van der Waals surface area (Å²) < 4.78 is 2.13. The first-order chi connectivity index (χ1) is 5.16. The standard InChI is InChI=1S/C7H9BrN2O/c1-3-10-5(2)9-4-6(8)7(10)11/h4H,3H2,1-2H3. The highest BCUT2D eigenvalue weighted by atomic mass is 79.9. The fourth-order valence-corrected chi connectivity index (χ4v) is 1.24. The molecule has 1 aromatic rings. The average Bonchev–Trinajstić information content (AvgIpc) is 1.99. The highest BCUT2D eigenvalue weighted by Gasteiger charge is 2.01. The number of rotatable bonds is 1. The SMILES string of the molecule is CCn1c(C)ncc(Br)c1=O. The topological polar surface area (TPSA) is 34.9 Å². The van der Waals surface area contributed by atoms with E-state index >= 15 is 0 Å². The maximum Gasteiger partial charge on any atom is 0.267 e. The lowest BCUT2D eigenvalue weighted by molar-refractivity contribution is 0.670. The van der Waals surface area contributed by atoms with Gasteiger partial charge >= 0.3 is 0 Å². The molecule has 3 nitrogen and oxygen atoms in total. The summed E-state index contributed by atoms with van der Waals surface area (Å²) in [5, 5.41) is 0. The van der Waals surface area contributed by atoms with Crippen LogP contribution in [-0.2, 0) is 6.54 Å². The van der Waals surface area contributed by atoms with E-state index in [1.54, 1.807) is 4.57 Å². The lowest BCUT2D eigenvalue weighted by atomic mass is 10.5.